The molecule has 156 valence electrons. The Morgan fingerprint density at radius 1 is 0.968 bits per heavy atom. The maximum absolute atomic E-state index is 14.0. The monoisotopic (exact) mass is 452 g/mol. The fourth-order valence-electron chi connectivity index (χ4n) is 4.24. The van der Waals surface area contributed by atoms with Crippen LogP contribution in [-0.4, -0.2) is 17.6 Å². The van der Waals surface area contributed by atoms with Gasteiger partial charge in [0.15, 0.2) is 0 Å². The number of hydrogen-bond acceptors (Lipinski definition) is 3. The first-order valence-corrected chi connectivity index (χ1v) is 11.3. The van der Waals surface area contributed by atoms with Crippen LogP contribution in [-0.2, 0) is 21.0 Å². The smallest absolute Gasteiger partial charge is 0.269 e. The maximum atomic E-state index is 14.0. The molecule has 31 heavy (non-hydrogen) atoms. The first-order valence-electron chi connectivity index (χ1n) is 9.89. The maximum Gasteiger partial charge on any atom is 0.269 e. The first kappa shape index (κ1) is 20.1. The second-order valence-corrected chi connectivity index (χ2v) is 9.21. The van der Waals surface area contributed by atoms with Gasteiger partial charge in [0.1, 0.15) is 5.82 Å². The number of benzene rings is 3. The van der Waals surface area contributed by atoms with Crippen LogP contribution in [0.1, 0.15) is 17.5 Å². The molecule has 1 spiro atoms. The molecular formula is C24H18ClFN2O2S. The highest BCUT2D eigenvalue weighted by atomic mass is 35.5. The highest BCUT2D eigenvalue weighted by Gasteiger charge is 2.58. The van der Waals surface area contributed by atoms with E-state index in [4.69, 9.17) is 11.6 Å². The number of rotatable bonds is 3. The second kappa shape index (κ2) is 7.70. The average Bonchev–Trinajstić information content (AvgIpc) is 3.00. The molecule has 0 bridgehead atoms. The lowest BCUT2D eigenvalue weighted by Crippen LogP contribution is -2.56. The van der Waals surface area contributed by atoms with Gasteiger partial charge in [-0.15, -0.1) is 11.8 Å². The van der Waals surface area contributed by atoms with Gasteiger partial charge in [0.05, 0.1) is 12.2 Å². The Balaban J connectivity index is 1.64. The molecule has 3 aromatic carbocycles. The fourth-order valence-corrected chi connectivity index (χ4v) is 5.84. The Labute approximate surface area is 188 Å². The molecule has 0 unspecified atom stereocenters. The van der Waals surface area contributed by atoms with Crippen molar-refractivity contribution in [3.05, 3.63) is 94.8 Å². The third-order valence-corrected chi connectivity index (χ3v) is 7.28. The molecule has 7 heteroatoms. The van der Waals surface area contributed by atoms with Gasteiger partial charge in [-0.05, 0) is 48.0 Å². The molecule has 4 nitrogen and oxygen atoms in total. The molecule has 2 heterocycles. The minimum absolute atomic E-state index is 0.104. The van der Waals surface area contributed by atoms with Crippen molar-refractivity contribution in [3.63, 3.8) is 0 Å². The zero-order valence-electron chi connectivity index (χ0n) is 16.4. The minimum atomic E-state index is -1.18. The number of hydrogen-bond donors (Lipinski definition) is 0. The topological polar surface area (TPSA) is 40.6 Å². The molecule has 1 saturated heterocycles. The van der Waals surface area contributed by atoms with Crippen molar-refractivity contribution < 1.29 is 14.0 Å². The van der Waals surface area contributed by atoms with Crippen molar-refractivity contribution in [2.24, 2.45) is 0 Å². The van der Waals surface area contributed by atoms with Gasteiger partial charge in [-0.25, -0.2) is 4.39 Å². The van der Waals surface area contributed by atoms with Crippen molar-refractivity contribution in [1.29, 1.82) is 0 Å². The van der Waals surface area contributed by atoms with E-state index < -0.39 is 4.87 Å². The van der Waals surface area contributed by atoms with E-state index >= 15 is 0 Å². The second-order valence-electron chi connectivity index (χ2n) is 7.48. The number of para-hydroxylation sites is 1. The Morgan fingerprint density at radius 2 is 1.68 bits per heavy atom. The van der Waals surface area contributed by atoms with Crippen LogP contribution >= 0.6 is 23.4 Å². The van der Waals surface area contributed by atoms with Crippen molar-refractivity contribution in [1.82, 2.24) is 0 Å². The Morgan fingerprint density at radius 3 is 2.42 bits per heavy atom. The summed E-state index contributed by atoms with van der Waals surface area (Å²) in [5, 5.41) is 0.561. The Bertz CT molecular complexity index is 1170. The van der Waals surface area contributed by atoms with Crippen LogP contribution in [0.2, 0.25) is 5.02 Å². The Hall–Kier alpha value is -2.83. The highest BCUT2D eigenvalue weighted by molar-refractivity contribution is 8.01. The van der Waals surface area contributed by atoms with Gasteiger partial charge in [-0.3, -0.25) is 14.5 Å². The zero-order valence-corrected chi connectivity index (χ0v) is 18.0. The number of thioether (sulfide) groups is 1. The van der Waals surface area contributed by atoms with Gasteiger partial charge in [0, 0.05) is 28.4 Å². The number of fused-ring (bicyclic) bond motifs is 2. The normalized spacial score (nSPS) is 20.5. The van der Waals surface area contributed by atoms with Crippen LogP contribution in [0, 0.1) is 5.82 Å². The predicted molar refractivity (Wildman–Crippen MR) is 122 cm³/mol. The molecule has 0 aromatic heterocycles. The first-order chi connectivity index (χ1) is 15.0. The average molecular weight is 453 g/mol. The van der Waals surface area contributed by atoms with Crippen LogP contribution in [0.5, 0.6) is 0 Å². The summed E-state index contributed by atoms with van der Waals surface area (Å²) < 4.78 is 13.4. The van der Waals surface area contributed by atoms with Crippen molar-refractivity contribution in [3.8, 4) is 0 Å². The lowest BCUT2D eigenvalue weighted by Gasteiger charge is -2.42. The summed E-state index contributed by atoms with van der Waals surface area (Å²) >= 11 is 7.53. The molecule has 5 rings (SSSR count). The van der Waals surface area contributed by atoms with Gasteiger partial charge in [0.25, 0.3) is 5.91 Å². The van der Waals surface area contributed by atoms with Crippen LogP contribution in [0.4, 0.5) is 15.8 Å². The van der Waals surface area contributed by atoms with Crippen LogP contribution in [0.15, 0.2) is 72.8 Å². The molecule has 0 radical (unpaired) electrons. The van der Waals surface area contributed by atoms with Crippen LogP contribution < -0.4 is 9.80 Å². The molecule has 0 saturated carbocycles. The van der Waals surface area contributed by atoms with E-state index in [-0.39, 0.29) is 17.6 Å². The summed E-state index contributed by atoms with van der Waals surface area (Å²) in [5.41, 5.74) is 2.99. The standard InChI is InChI=1S/C24H18ClFN2O2S/c25-17-7-11-19(12-8-17)28-22(29)13-14-31-24(28)20-3-1-2-4-21(20)27(23(24)30)15-16-5-9-18(26)10-6-16/h1-12H,13-15H2/t24-/m0/s1. The van der Waals surface area contributed by atoms with E-state index in [1.807, 2.05) is 24.3 Å². The molecular weight excluding hydrogens is 435 g/mol. The number of nitrogens with zero attached hydrogens (tertiary/aromatic N) is 2. The lowest BCUT2D eigenvalue weighted by atomic mass is 10.0. The summed E-state index contributed by atoms with van der Waals surface area (Å²) in [6, 6.07) is 20.7. The molecule has 1 atom stereocenters. The van der Waals surface area contributed by atoms with E-state index in [9.17, 15) is 14.0 Å². The van der Waals surface area contributed by atoms with E-state index in [0.29, 0.717) is 29.4 Å². The Kier molecular flexibility index (Phi) is 4.99. The van der Waals surface area contributed by atoms with E-state index in [0.717, 1.165) is 16.8 Å². The molecule has 0 N–H and O–H groups in total. The minimum Gasteiger partial charge on any atom is -0.304 e. The third kappa shape index (κ3) is 3.22. The van der Waals surface area contributed by atoms with Gasteiger partial charge < -0.3 is 4.90 Å². The third-order valence-electron chi connectivity index (χ3n) is 5.62. The van der Waals surface area contributed by atoms with Gasteiger partial charge in [0.2, 0.25) is 10.8 Å². The summed E-state index contributed by atoms with van der Waals surface area (Å²) in [5.74, 6) is -0.0532. The highest BCUT2D eigenvalue weighted by Crippen LogP contribution is 2.54. The van der Waals surface area contributed by atoms with E-state index in [1.54, 1.807) is 46.2 Å². The predicted octanol–water partition coefficient (Wildman–Crippen LogP) is 5.35. The molecule has 1 fully saturated rings. The summed E-state index contributed by atoms with van der Waals surface area (Å²) in [6.07, 6.45) is 0.350. The zero-order chi connectivity index (χ0) is 21.6. The van der Waals surface area contributed by atoms with Crippen molar-refractivity contribution in [2.75, 3.05) is 15.6 Å². The van der Waals surface area contributed by atoms with Crippen LogP contribution in [0.25, 0.3) is 0 Å². The number of carbonyl (C=O) groups excluding carboxylic acids is 2. The van der Waals surface area contributed by atoms with E-state index in [2.05, 4.69) is 0 Å². The lowest BCUT2D eigenvalue weighted by molar-refractivity contribution is -0.125. The molecule has 0 aliphatic carbocycles. The van der Waals surface area contributed by atoms with Crippen LogP contribution in [0.3, 0.4) is 0 Å². The van der Waals surface area contributed by atoms with Crippen molar-refractivity contribution >= 4 is 46.6 Å². The SMILES string of the molecule is O=C1CCS[C@@]2(C(=O)N(Cc3ccc(F)cc3)c3ccccc32)N1c1ccc(Cl)cc1. The largest absolute Gasteiger partial charge is 0.304 e. The molecule has 2 aliphatic heterocycles. The quantitative estimate of drug-likeness (QED) is 0.538. The molecule has 2 aliphatic rings. The van der Waals surface area contributed by atoms with E-state index in [1.165, 1.54) is 23.9 Å². The van der Waals surface area contributed by atoms with Gasteiger partial charge >= 0.3 is 0 Å². The molecule has 2 amide bonds. The fraction of sp³-hybridized carbons (Fsp3) is 0.167. The number of anilines is 2. The number of amides is 2. The molecule has 3 aromatic rings. The number of halogens is 2. The van der Waals surface area contributed by atoms with Gasteiger partial charge in [-0.1, -0.05) is 41.9 Å². The summed E-state index contributed by atoms with van der Waals surface area (Å²) in [7, 11) is 0. The number of carbonyl (C=O) groups is 2. The van der Waals surface area contributed by atoms with Gasteiger partial charge in [-0.2, -0.15) is 0 Å². The van der Waals surface area contributed by atoms with Crippen molar-refractivity contribution in [2.45, 2.75) is 17.8 Å². The summed E-state index contributed by atoms with van der Waals surface area (Å²) in [4.78, 5) is 29.3. The summed E-state index contributed by atoms with van der Waals surface area (Å²) in [6.45, 7) is 0.293.